The zero-order valence-corrected chi connectivity index (χ0v) is 5.74. The van der Waals surface area contributed by atoms with E-state index in [1.165, 1.54) is 0 Å². The van der Waals surface area contributed by atoms with Crippen LogP contribution in [0.1, 0.15) is 10.4 Å². The van der Waals surface area contributed by atoms with Gasteiger partial charge in [-0.2, -0.15) is 0 Å². The molecule has 0 unspecified atom stereocenters. The minimum absolute atomic E-state index is 0.367. The Balaban J connectivity index is 2.69. The average Bonchev–Trinajstić information content (AvgIpc) is 2.07. The third-order valence-corrected chi connectivity index (χ3v) is 1.21. The minimum atomic E-state index is -0.367. The molecule has 3 N–H and O–H groups in total. The van der Waals surface area contributed by atoms with Gasteiger partial charge in [-0.3, -0.25) is 15.4 Å². The summed E-state index contributed by atoms with van der Waals surface area (Å²) < 4.78 is 0. The van der Waals surface area contributed by atoms with Crippen LogP contribution >= 0.6 is 0 Å². The molecule has 0 atom stereocenters. The molecule has 0 aliphatic carbocycles. The Morgan fingerprint density at radius 1 is 1.27 bits per heavy atom. The van der Waals surface area contributed by atoms with Gasteiger partial charge in [0.1, 0.15) is 0 Å². The van der Waals surface area contributed by atoms with Crippen molar-refractivity contribution in [2.24, 2.45) is 0 Å². The van der Waals surface area contributed by atoms with Crippen molar-refractivity contribution in [3.63, 3.8) is 0 Å². The first-order valence-corrected chi connectivity index (χ1v) is 3.09. The molecule has 4 nitrogen and oxygen atoms in total. The van der Waals surface area contributed by atoms with Gasteiger partial charge in [0.05, 0.1) is 0 Å². The minimum Gasteiger partial charge on any atom is -0.297 e. The zero-order valence-electron chi connectivity index (χ0n) is 5.74. The number of hydrogen-bond acceptors (Lipinski definition) is 3. The largest absolute Gasteiger partial charge is 0.297 e. The zero-order chi connectivity index (χ0) is 8.10. The second-order valence-electron chi connectivity index (χ2n) is 1.93. The molecule has 1 aromatic carbocycles. The molecule has 0 spiro atoms. The molecule has 0 bridgehead atoms. The molecular formula is C7H8N2O2. The van der Waals surface area contributed by atoms with Crippen molar-refractivity contribution in [2.45, 2.75) is 0 Å². The maximum atomic E-state index is 10.9. The van der Waals surface area contributed by atoms with E-state index in [2.05, 4.69) is 0 Å². The van der Waals surface area contributed by atoms with Crippen molar-refractivity contribution < 1.29 is 10.0 Å². The SMILES string of the molecule is O=C(NNO)c1ccccc1. The van der Waals surface area contributed by atoms with Crippen LogP contribution in [0.2, 0.25) is 0 Å². The van der Waals surface area contributed by atoms with Gasteiger partial charge in [-0.05, 0) is 12.1 Å². The highest BCUT2D eigenvalue weighted by Gasteiger charge is 2.00. The third kappa shape index (κ3) is 2.03. The molecule has 0 radical (unpaired) electrons. The van der Waals surface area contributed by atoms with Crippen LogP contribution in [0.4, 0.5) is 0 Å². The van der Waals surface area contributed by atoms with Gasteiger partial charge in [-0.1, -0.05) is 18.2 Å². The quantitative estimate of drug-likeness (QED) is 0.534. The van der Waals surface area contributed by atoms with E-state index < -0.39 is 0 Å². The molecular weight excluding hydrogens is 144 g/mol. The monoisotopic (exact) mass is 152 g/mol. The van der Waals surface area contributed by atoms with Crippen LogP contribution in [-0.2, 0) is 0 Å². The summed E-state index contributed by atoms with van der Waals surface area (Å²) in [7, 11) is 0. The fourth-order valence-corrected chi connectivity index (χ4v) is 0.712. The van der Waals surface area contributed by atoms with E-state index in [0.717, 1.165) is 0 Å². The van der Waals surface area contributed by atoms with Crippen molar-refractivity contribution in [3.8, 4) is 0 Å². The summed E-state index contributed by atoms with van der Waals surface area (Å²) in [5.74, 6) is -0.367. The molecule has 58 valence electrons. The molecule has 1 aromatic rings. The second kappa shape index (κ2) is 3.70. The van der Waals surface area contributed by atoms with Crippen LogP contribution in [0.5, 0.6) is 0 Å². The Bertz CT molecular complexity index is 235. The Kier molecular flexibility index (Phi) is 2.59. The molecule has 0 aliphatic rings. The fourth-order valence-electron chi connectivity index (χ4n) is 0.712. The first-order chi connectivity index (χ1) is 5.34. The Morgan fingerprint density at radius 2 is 1.91 bits per heavy atom. The normalized spacial score (nSPS) is 9.18. The lowest BCUT2D eigenvalue weighted by atomic mass is 10.2. The summed E-state index contributed by atoms with van der Waals surface area (Å²) in [6.07, 6.45) is 0. The molecule has 0 aromatic heterocycles. The fraction of sp³-hybridized carbons (Fsp3) is 0. The lowest BCUT2D eigenvalue weighted by Crippen LogP contribution is -2.34. The molecule has 4 heteroatoms. The van der Waals surface area contributed by atoms with Crippen LogP contribution in [0, 0.1) is 0 Å². The van der Waals surface area contributed by atoms with Gasteiger partial charge in [0.25, 0.3) is 5.91 Å². The van der Waals surface area contributed by atoms with Crippen molar-refractivity contribution in [2.75, 3.05) is 0 Å². The number of rotatable bonds is 2. The van der Waals surface area contributed by atoms with Crippen LogP contribution in [0.25, 0.3) is 0 Å². The van der Waals surface area contributed by atoms with Gasteiger partial charge >= 0.3 is 0 Å². The summed E-state index contributed by atoms with van der Waals surface area (Å²) in [5.41, 5.74) is 4.09. The average molecular weight is 152 g/mol. The van der Waals surface area contributed by atoms with Gasteiger partial charge in [0.15, 0.2) is 0 Å². The molecule has 1 rings (SSSR count). The standard InChI is InChI=1S/C7H8N2O2/c10-7(8-9-11)6-4-2-1-3-5-6/h1-5,9,11H,(H,8,10). The van der Waals surface area contributed by atoms with E-state index in [4.69, 9.17) is 5.21 Å². The van der Waals surface area contributed by atoms with Gasteiger partial charge in [0.2, 0.25) is 0 Å². The van der Waals surface area contributed by atoms with Crippen LogP contribution < -0.4 is 11.0 Å². The number of hydrogen-bond donors (Lipinski definition) is 3. The Hall–Kier alpha value is -1.39. The number of hydrazine groups is 1. The van der Waals surface area contributed by atoms with E-state index in [1.807, 2.05) is 11.5 Å². The molecule has 0 saturated carbocycles. The van der Waals surface area contributed by atoms with E-state index in [1.54, 1.807) is 29.9 Å². The van der Waals surface area contributed by atoms with Gasteiger partial charge in [0, 0.05) is 5.56 Å². The molecule has 11 heavy (non-hydrogen) atoms. The smallest absolute Gasteiger partial charge is 0.267 e. The maximum absolute atomic E-state index is 10.9. The topological polar surface area (TPSA) is 61.4 Å². The summed E-state index contributed by atoms with van der Waals surface area (Å²) in [4.78, 5) is 10.9. The van der Waals surface area contributed by atoms with Crippen molar-refractivity contribution >= 4 is 5.91 Å². The Morgan fingerprint density at radius 3 is 2.45 bits per heavy atom. The lowest BCUT2D eigenvalue weighted by Gasteiger charge is -1.99. The number of benzene rings is 1. The van der Waals surface area contributed by atoms with E-state index >= 15 is 0 Å². The summed E-state index contributed by atoms with van der Waals surface area (Å²) in [6, 6.07) is 8.58. The lowest BCUT2D eigenvalue weighted by molar-refractivity contribution is 0.0731. The van der Waals surface area contributed by atoms with Crippen molar-refractivity contribution in [3.05, 3.63) is 35.9 Å². The first-order valence-electron chi connectivity index (χ1n) is 3.09. The van der Waals surface area contributed by atoms with Crippen LogP contribution in [0.3, 0.4) is 0 Å². The first kappa shape index (κ1) is 7.71. The van der Waals surface area contributed by atoms with Crippen LogP contribution in [0.15, 0.2) is 30.3 Å². The predicted octanol–water partition coefficient (Wildman–Crippen LogP) is 0.310. The highest BCUT2D eigenvalue weighted by Crippen LogP contribution is 1.96. The second-order valence-corrected chi connectivity index (χ2v) is 1.93. The van der Waals surface area contributed by atoms with Gasteiger partial charge < -0.3 is 0 Å². The highest BCUT2D eigenvalue weighted by molar-refractivity contribution is 5.93. The Labute approximate surface area is 63.8 Å². The molecule has 0 saturated heterocycles. The maximum Gasteiger partial charge on any atom is 0.267 e. The highest BCUT2D eigenvalue weighted by atomic mass is 16.5. The molecule has 0 heterocycles. The third-order valence-electron chi connectivity index (χ3n) is 1.21. The molecule has 1 amide bonds. The van der Waals surface area contributed by atoms with Crippen LogP contribution in [-0.4, -0.2) is 11.1 Å². The van der Waals surface area contributed by atoms with Gasteiger partial charge in [-0.15, -0.1) is 5.59 Å². The summed E-state index contributed by atoms with van der Waals surface area (Å²) in [5, 5.41) is 8.12. The summed E-state index contributed by atoms with van der Waals surface area (Å²) >= 11 is 0. The van der Waals surface area contributed by atoms with E-state index in [0.29, 0.717) is 5.56 Å². The number of carbonyl (C=O) groups is 1. The van der Waals surface area contributed by atoms with Crippen molar-refractivity contribution in [1.82, 2.24) is 11.0 Å². The van der Waals surface area contributed by atoms with E-state index in [9.17, 15) is 4.79 Å². The predicted molar refractivity (Wildman–Crippen MR) is 38.8 cm³/mol. The number of amides is 1. The summed E-state index contributed by atoms with van der Waals surface area (Å²) in [6.45, 7) is 0. The number of nitrogens with one attached hydrogen (secondary N) is 2. The molecule has 0 aliphatic heterocycles. The van der Waals surface area contributed by atoms with E-state index in [-0.39, 0.29) is 5.91 Å². The van der Waals surface area contributed by atoms with Crippen molar-refractivity contribution in [1.29, 1.82) is 0 Å². The van der Waals surface area contributed by atoms with Gasteiger partial charge in [-0.25, -0.2) is 0 Å². The number of carbonyl (C=O) groups excluding carboxylic acids is 1. The molecule has 0 fully saturated rings.